The number of carbonyl (C=O) groups excluding carboxylic acids is 1. The Morgan fingerprint density at radius 2 is 1.66 bits per heavy atom. The molecular formula is C24H28N2O2S. The molecule has 1 N–H and O–H groups in total. The number of aryl methyl sites for hydroxylation is 2. The summed E-state index contributed by atoms with van der Waals surface area (Å²) in [6, 6.07) is 16.1. The zero-order valence-electron chi connectivity index (χ0n) is 17.9. The quantitative estimate of drug-likeness (QED) is 0.552. The van der Waals surface area contributed by atoms with Crippen molar-refractivity contribution in [2.24, 2.45) is 0 Å². The second-order valence-electron chi connectivity index (χ2n) is 8.31. The van der Waals surface area contributed by atoms with Gasteiger partial charge in [-0.25, -0.2) is 4.98 Å². The third-order valence-electron chi connectivity index (χ3n) is 4.75. The predicted molar refractivity (Wildman–Crippen MR) is 121 cm³/mol. The molecule has 0 saturated heterocycles. The van der Waals surface area contributed by atoms with E-state index < -0.39 is 6.10 Å². The van der Waals surface area contributed by atoms with Crippen molar-refractivity contribution in [3.63, 3.8) is 0 Å². The number of hydrogen-bond acceptors (Lipinski definition) is 4. The minimum Gasteiger partial charge on any atom is -0.481 e. The van der Waals surface area contributed by atoms with E-state index in [1.807, 2.05) is 31.2 Å². The van der Waals surface area contributed by atoms with Crippen LogP contribution in [0.1, 0.15) is 43.7 Å². The second kappa shape index (κ2) is 8.37. The number of benzene rings is 2. The molecule has 0 radical (unpaired) electrons. The Hall–Kier alpha value is -2.66. The van der Waals surface area contributed by atoms with Gasteiger partial charge in [-0.15, -0.1) is 11.3 Å². The average molecular weight is 409 g/mol. The van der Waals surface area contributed by atoms with Crippen LogP contribution in [0.4, 0.5) is 5.13 Å². The van der Waals surface area contributed by atoms with E-state index in [-0.39, 0.29) is 11.3 Å². The molecule has 0 aliphatic carbocycles. The SMILES string of the molecule is Cc1ccc(-c2nc(NC(=O)C(C)Oc3ccc(C(C)(C)C)cc3)sc2C)cc1. The van der Waals surface area contributed by atoms with E-state index in [2.05, 4.69) is 62.3 Å². The smallest absolute Gasteiger partial charge is 0.266 e. The average Bonchev–Trinajstić information content (AvgIpc) is 3.02. The van der Waals surface area contributed by atoms with Crippen LogP contribution in [-0.4, -0.2) is 17.0 Å². The van der Waals surface area contributed by atoms with E-state index in [1.165, 1.54) is 22.5 Å². The molecule has 3 aromatic rings. The molecular weight excluding hydrogens is 380 g/mol. The van der Waals surface area contributed by atoms with Crippen LogP contribution in [0.25, 0.3) is 11.3 Å². The summed E-state index contributed by atoms with van der Waals surface area (Å²) >= 11 is 1.47. The van der Waals surface area contributed by atoms with E-state index in [9.17, 15) is 4.79 Å². The van der Waals surface area contributed by atoms with Crippen LogP contribution >= 0.6 is 11.3 Å². The van der Waals surface area contributed by atoms with Gasteiger partial charge in [0.2, 0.25) is 0 Å². The van der Waals surface area contributed by atoms with E-state index in [0.29, 0.717) is 10.9 Å². The third kappa shape index (κ3) is 5.24. The maximum atomic E-state index is 12.6. The van der Waals surface area contributed by atoms with Crippen molar-refractivity contribution in [1.29, 1.82) is 0 Å². The van der Waals surface area contributed by atoms with Gasteiger partial charge >= 0.3 is 0 Å². The molecule has 3 rings (SSSR count). The lowest BCUT2D eigenvalue weighted by atomic mass is 9.87. The van der Waals surface area contributed by atoms with Crippen molar-refractivity contribution >= 4 is 22.4 Å². The second-order valence-corrected chi connectivity index (χ2v) is 9.52. The summed E-state index contributed by atoms with van der Waals surface area (Å²) in [7, 11) is 0. The fraction of sp³-hybridized carbons (Fsp3) is 0.333. The van der Waals surface area contributed by atoms with Crippen LogP contribution in [0.2, 0.25) is 0 Å². The Morgan fingerprint density at radius 3 is 2.24 bits per heavy atom. The van der Waals surface area contributed by atoms with E-state index in [0.717, 1.165) is 16.1 Å². The maximum Gasteiger partial charge on any atom is 0.266 e. The first-order valence-corrected chi connectivity index (χ1v) is 10.6. The fourth-order valence-electron chi connectivity index (χ4n) is 2.93. The predicted octanol–water partition coefficient (Wildman–Crippen LogP) is 6.13. The number of hydrogen-bond donors (Lipinski definition) is 1. The van der Waals surface area contributed by atoms with Gasteiger partial charge in [-0.3, -0.25) is 10.1 Å². The summed E-state index contributed by atoms with van der Waals surface area (Å²) in [5.41, 5.74) is 4.46. The molecule has 1 amide bonds. The number of anilines is 1. The largest absolute Gasteiger partial charge is 0.481 e. The van der Waals surface area contributed by atoms with Crippen LogP contribution in [0, 0.1) is 13.8 Å². The number of nitrogens with one attached hydrogen (secondary N) is 1. The van der Waals surface area contributed by atoms with Crippen LogP contribution in [0.15, 0.2) is 48.5 Å². The van der Waals surface area contributed by atoms with Gasteiger partial charge in [0, 0.05) is 10.4 Å². The number of carbonyl (C=O) groups is 1. The number of rotatable bonds is 5. The minimum atomic E-state index is -0.623. The molecule has 1 atom stereocenters. The van der Waals surface area contributed by atoms with Crippen LogP contribution in [-0.2, 0) is 10.2 Å². The zero-order chi connectivity index (χ0) is 21.2. The van der Waals surface area contributed by atoms with Crippen LogP contribution < -0.4 is 10.1 Å². The highest BCUT2D eigenvalue weighted by Gasteiger charge is 2.19. The molecule has 1 unspecified atom stereocenters. The summed E-state index contributed by atoms with van der Waals surface area (Å²) in [5.74, 6) is 0.463. The first-order valence-electron chi connectivity index (χ1n) is 9.76. The molecule has 0 aliphatic rings. The summed E-state index contributed by atoms with van der Waals surface area (Å²) in [6.45, 7) is 12.3. The Kier molecular flexibility index (Phi) is 6.08. The van der Waals surface area contributed by atoms with Gasteiger partial charge < -0.3 is 4.74 Å². The minimum absolute atomic E-state index is 0.0827. The molecule has 5 heteroatoms. The number of thiazole rings is 1. The van der Waals surface area contributed by atoms with Gasteiger partial charge in [0.15, 0.2) is 11.2 Å². The monoisotopic (exact) mass is 408 g/mol. The molecule has 29 heavy (non-hydrogen) atoms. The molecule has 0 fully saturated rings. The van der Waals surface area contributed by atoms with Crippen LogP contribution in [0.5, 0.6) is 5.75 Å². The first-order chi connectivity index (χ1) is 13.6. The van der Waals surface area contributed by atoms with Crippen LogP contribution in [0.3, 0.4) is 0 Å². The maximum absolute atomic E-state index is 12.6. The van der Waals surface area contributed by atoms with Crippen molar-refractivity contribution in [1.82, 2.24) is 4.98 Å². The van der Waals surface area contributed by atoms with Crippen molar-refractivity contribution in [3.8, 4) is 17.0 Å². The normalized spacial score (nSPS) is 12.5. The van der Waals surface area contributed by atoms with Crippen molar-refractivity contribution in [2.45, 2.75) is 53.1 Å². The van der Waals surface area contributed by atoms with Gasteiger partial charge in [-0.1, -0.05) is 62.7 Å². The molecule has 1 aromatic heterocycles. The summed E-state index contributed by atoms with van der Waals surface area (Å²) in [6.07, 6.45) is -0.623. The zero-order valence-corrected chi connectivity index (χ0v) is 18.7. The number of aromatic nitrogens is 1. The van der Waals surface area contributed by atoms with Crippen molar-refractivity contribution < 1.29 is 9.53 Å². The first kappa shape index (κ1) is 21.1. The topological polar surface area (TPSA) is 51.2 Å². The molecule has 1 heterocycles. The van der Waals surface area contributed by atoms with Crippen molar-refractivity contribution in [2.75, 3.05) is 5.32 Å². The summed E-state index contributed by atoms with van der Waals surface area (Å²) in [5, 5.41) is 3.47. The summed E-state index contributed by atoms with van der Waals surface area (Å²) in [4.78, 5) is 18.2. The summed E-state index contributed by atoms with van der Waals surface area (Å²) < 4.78 is 5.82. The number of amides is 1. The highest BCUT2D eigenvalue weighted by Crippen LogP contribution is 2.31. The van der Waals surface area contributed by atoms with E-state index >= 15 is 0 Å². The van der Waals surface area contributed by atoms with E-state index in [1.54, 1.807) is 6.92 Å². The molecule has 152 valence electrons. The lowest BCUT2D eigenvalue weighted by Gasteiger charge is -2.20. The molecule has 4 nitrogen and oxygen atoms in total. The Balaban J connectivity index is 1.65. The Labute approximate surface area is 177 Å². The van der Waals surface area contributed by atoms with Gasteiger partial charge in [0.1, 0.15) is 5.75 Å². The molecule has 0 spiro atoms. The third-order valence-corrected chi connectivity index (χ3v) is 5.64. The Morgan fingerprint density at radius 1 is 1.03 bits per heavy atom. The molecule has 0 aliphatic heterocycles. The highest BCUT2D eigenvalue weighted by molar-refractivity contribution is 7.16. The van der Waals surface area contributed by atoms with Gasteiger partial charge in [0.25, 0.3) is 5.91 Å². The molecule has 2 aromatic carbocycles. The number of ether oxygens (including phenoxy) is 1. The van der Waals surface area contributed by atoms with Gasteiger partial charge in [0.05, 0.1) is 5.69 Å². The van der Waals surface area contributed by atoms with Crippen molar-refractivity contribution in [3.05, 3.63) is 64.5 Å². The lowest BCUT2D eigenvalue weighted by Crippen LogP contribution is -2.30. The number of nitrogens with zero attached hydrogens (tertiary/aromatic N) is 1. The van der Waals surface area contributed by atoms with Gasteiger partial charge in [-0.05, 0) is 43.9 Å². The fourth-order valence-corrected chi connectivity index (χ4v) is 3.77. The molecule has 0 saturated carbocycles. The Bertz CT molecular complexity index is 983. The van der Waals surface area contributed by atoms with Gasteiger partial charge in [-0.2, -0.15) is 0 Å². The lowest BCUT2D eigenvalue weighted by molar-refractivity contribution is -0.122. The molecule has 0 bridgehead atoms. The standard InChI is InChI=1S/C24H28N2O2S/c1-15-7-9-18(10-8-15)21-17(3)29-23(25-21)26-22(27)16(2)28-20-13-11-19(12-14-20)24(4,5)6/h7-14,16H,1-6H3,(H,25,26,27). The highest BCUT2D eigenvalue weighted by atomic mass is 32.1. The van der Waals surface area contributed by atoms with E-state index in [4.69, 9.17) is 4.74 Å².